The average molecular weight is 289 g/mol. The maximum atomic E-state index is 12.8. The molecule has 1 aromatic rings. The third-order valence-corrected chi connectivity index (χ3v) is 4.36. The Morgan fingerprint density at radius 1 is 1.29 bits per heavy atom. The molecule has 1 aliphatic carbocycles. The number of nitrogens with zero attached hydrogens (tertiary/aromatic N) is 1. The Morgan fingerprint density at radius 3 is 2.90 bits per heavy atom. The molecule has 0 spiro atoms. The summed E-state index contributed by atoms with van der Waals surface area (Å²) in [5.41, 5.74) is 2.27. The maximum absolute atomic E-state index is 12.8. The molecule has 5 heteroatoms. The average Bonchev–Trinajstić information content (AvgIpc) is 2.53. The minimum atomic E-state index is -0.993. The van der Waals surface area contributed by atoms with Gasteiger partial charge >= 0.3 is 5.97 Å². The SMILES string of the molecule is O=C(O)[C@H]1COCCN1C(=O)[C@H]1CCCc2ccccc21. The van der Waals surface area contributed by atoms with Crippen molar-refractivity contribution in [1.82, 2.24) is 4.90 Å². The zero-order valence-corrected chi connectivity index (χ0v) is 11.8. The highest BCUT2D eigenvalue weighted by Gasteiger charge is 2.37. The fraction of sp³-hybridized carbons (Fsp3) is 0.500. The summed E-state index contributed by atoms with van der Waals surface area (Å²) in [6, 6.07) is 7.12. The Hall–Kier alpha value is -1.88. The molecular weight excluding hydrogens is 270 g/mol. The number of carbonyl (C=O) groups excluding carboxylic acids is 1. The topological polar surface area (TPSA) is 66.8 Å². The number of carboxylic acid groups (broad SMARTS) is 1. The first-order valence-corrected chi connectivity index (χ1v) is 7.37. The van der Waals surface area contributed by atoms with Gasteiger partial charge in [-0.25, -0.2) is 4.79 Å². The van der Waals surface area contributed by atoms with Crippen molar-refractivity contribution in [2.24, 2.45) is 0 Å². The molecule has 1 aliphatic heterocycles. The summed E-state index contributed by atoms with van der Waals surface area (Å²) in [6.45, 7) is 0.841. The second-order valence-electron chi connectivity index (χ2n) is 5.60. The van der Waals surface area contributed by atoms with Crippen LogP contribution in [0.25, 0.3) is 0 Å². The Balaban J connectivity index is 1.86. The molecule has 1 heterocycles. The molecule has 0 unspecified atom stereocenters. The number of carboxylic acids is 1. The van der Waals surface area contributed by atoms with Crippen LogP contribution in [-0.4, -0.2) is 47.7 Å². The van der Waals surface area contributed by atoms with Gasteiger partial charge in [-0.2, -0.15) is 0 Å². The van der Waals surface area contributed by atoms with Crippen LogP contribution in [0.4, 0.5) is 0 Å². The first kappa shape index (κ1) is 14.1. The van der Waals surface area contributed by atoms with Gasteiger partial charge in [0.15, 0.2) is 6.04 Å². The van der Waals surface area contributed by atoms with Gasteiger partial charge in [0.1, 0.15) is 0 Å². The highest BCUT2D eigenvalue weighted by molar-refractivity contribution is 5.89. The summed E-state index contributed by atoms with van der Waals surface area (Å²) in [7, 11) is 0. The van der Waals surface area contributed by atoms with E-state index >= 15 is 0 Å². The Bertz CT molecular complexity index is 557. The van der Waals surface area contributed by atoms with Gasteiger partial charge in [0.05, 0.1) is 19.1 Å². The van der Waals surface area contributed by atoms with Crippen molar-refractivity contribution in [3.8, 4) is 0 Å². The monoisotopic (exact) mass is 289 g/mol. The normalized spacial score (nSPS) is 25.2. The van der Waals surface area contributed by atoms with Crippen molar-refractivity contribution in [2.75, 3.05) is 19.8 Å². The molecule has 1 N–H and O–H groups in total. The van der Waals surface area contributed by atoms with Crippen LogP contribution in [-0.2, 0) is 20.7 Å². The molecule has 1 amide bonds. The molecule has 0 bridgehead atoms. The molecule has 5 nitrogen and oxygen atoms in total. The number of aliphatic carboxylic acids is 1. The van der Waals surface area contributed by atoms with Crippen molar-refractivity contribution >= 4 is 11.9 Å². The number of aryl methyl sites for hydroxylation is 1. The van der Waals surface area contributed by atoms with Crippen LogP contribution < -0.4 is 0 Å². The van der Waals surface area contributed by atoms with Gasteiger partial charge in [-0.15, -0.1) is 0 Å². The lowest BCUT2D eigenvalue weighted by atomic mass is 9.82. The van der Waals surface area contributed by atoms with E-state index in [4.69, 9.17) is 4.74 Å². The minimum absolute atomic E-state index is 0.0714. The predicted molar refractivity (Wildman–Crippen MR) is 76.1 cm³/mol. The summed E-state index contributed by atoms with van der Waals surface area (Å²) >= 11 is 0. The summed E-state index contributed by atoms with van der Waals surface area (Å²) in [4.78, 5) is 25.6. The molecule has 2 aliphatic rings. The summed E-state index contributed by atoms with van der Waals surface area (Å²) in [5.74, 6) is -1.28. The van der Waals surface area contributed by atoms with Crippen molar-refractivity contribution in [3.05, 3.63) is 35.4 Å². The van der Waals surface area contributed by atoms with Crippen LogP contribution in [0, 0.1) is 0 Å². The first-order chi connectivity index (χ1) is 10.2. The number of hydrogen-bond acceptors (Lipinski definition) is 3. The van der Waals surface area contributed by atoms with Crippen molar-refractivity contribution in [3.63, 3.8) is 0 Å². The van der Waals surface area contributed by atoms with Crippen LogP contribution in [0.1, 0.15) is 29.9 Å². The lowest BCUT2D eigenvalue weighted by Crippen LogP contribution is -2.54. The Morgan fingerprint density at radius 2 is 2.10 bits per heavy atom. The van der Waals surface area contributed by atoms with Crippen LogP contribution in [0.3, 0.4) is 0 Å². The highest BCUT2D eigenvalue weighted by atomic mass is 16.5. The molecule has 2 atom stereocenters. The Labute approximate surface area is 123 Å². The van der Waals surface area contributed by atoms with Crippen molar-refractivity contribution < 1.29 is 19.4 Å². The molecule has 3 rings (SSSR count). The van der Waals surface area contributed by atoms with E-state index in [9.17, 15) is 14.7 Å². The zero-order valence-electron chi connectivity index (χ0n) is 11.8. The first-order valence-electron chi connectivity index (χ1n) is 7.37. The van der Waals surface area contributed by atoms with Crippen molar-refractivity contribution in [2.45, 2.75) is 31.2 Å². The van der Waals surface area contributed by atoms with Crippen LogP contribution in [0.15, 0.2) is 24.3 Å². The quantitative estimate of drug-likeness (QED) is 0.894. The number of ether oxygens (including phenoxy) is 1. The second-order valence-corrected chi connectivity index (χ2v) is 5.60. The standard InChI is InChI=1S/C16H19NO4/c18-15(17-8-9-21-10-14(17)16(19)20)13-7-3-5-11-4-1-2-6-12(11)13/h1-2,4,6,13-14H,3,5,7-10H2,(H,19,20)/t13-,14+/m0/s1. The van der Waals surface area contributed by atoms with E-state index in [-0.39, 0.29) is 18.4 Å². The molecule has 21 heavy (non-hydrogen) atoms. The number of morpholine rings is 1. The molecule has 0 saturated carbocycles. The molecule has 1 aromatic carbocycles. The summed E-state index contributed by atoms with van der Waals surface area (Å²) in [6.07, 6.45) is 2.75. The Kier molecular flexibility index (Phi) is 3.92. The van der Waals surface area contributed by atoms with Crippen LogP contribution in [0.5, 0.6) is 0 Å². The number of carbonyl (C=O) groups is 2. The molecule has 0 aromatic heterocycles. The highest BCUT2D eigenvalue weighted by Crippen LogP contribution is 2.33. The van der Waals surface area contributed by atoms with E-state index in [1.54, 1.807) is 0 Å². The van der Waals surface area contributed by atoms with E-state index in [2.05, 4.69) is 6.07 Å². The fourth-order valence-electron chi connectivity index (χ4n) is 3.28. The van der Waals surface area contributed by atoms with E-state index in [1.807, 2.05) is 18.2 Å². The van der Waals surface area contributed by atoms with Crippen LogP contribution >= 0.6 is 0 Å². The number of rotatable bonds is 2. The number of amides is 1. The predicted octanol–water partition coefficient (Wildman–Crippen LogP) is 1.42. The third-order valence-electron chi connectivity index (χ3n) is 4.36. The second kappa shape index (κ2) is 5.85. The van der Waals surface area contributed by atoms with Gasteiger partial charge in [-0.3, -0.25) is 4.79 Å². The van der Waals surface area contributed by atoms with Gasteiger partial charge in [0.25, 0.3) is 0 Å². The summed E-state index contributed by atoms with van der Waals surface area (Å²) in [5, 5.41) is 9.28. The van der Waals surface area contributed by atoms with E-state index in [0.717, 1.165) is 24.8 Å². The molecule has 1 fully saturated rings. The number of benzene rings is 1. The van der Waals surface area contributed by atoms with Crippen LogP contribution in [0.2, 0.25) is 0 Å². The van der Waals surface area contributed by atoms with Gasteiger partial charge in [-0.05, 0) is 30.4 Å². The van der Waals surface area contributed by atoms with Gasteiger partial charge in [-0.1, -0.05) is 24.3 Å². The largest absolute Gasteiger partial charge is 0.480 e. The zero-order chi connectivity index (χ0) is 14.8. The van der Waals surface area contributed by atoms with Gasteiger partial charge < -0.3 is 14.7 Å². The van der Waals surface area contributed by atoms with E-state index in [1.165, 1.54) is 10.5 Å². The fourth-order valence-corrected chi connectivity index (χ4v) is 3.28. The summed E-state index contributed by atoms with van der Waals surface area (Å²) < 4.78 is 5.21. The molecule has 112 valence electrons. The molecule has 0 radical (unpaired) electrons. The lowest BCUT2D eigenvalue weighted by Gasteiger charge is -2.36. The van der Waals surface area contributed by atoms with Gasteiger partial charge in [0, 0.05) is 6.54 Å². The smallest absolute Gasteiger partial charge is 0.328 e. The van der Waals surface area contributed by atoms with Gasteiger partial charge in [0.2, 0.25) is 5.91 Å². The molecular formula is C16H19NO4. The third kappa shape index (κ3) is 2.65. The lowest BCUT2D eigenvalue weighted by molar-refractivity contribution is -0.159. The molecule has 1 saturated heterocycles. The minimum Gasteiger partial charge on any atom is -0.480 e. The van der Waals surface area contributed by atoms with Crippen molar-refractivity contribution in [1.29, 1.82) is 0 Å². The number of hydrogen-bond donors (Lipinski definition) is 1. The van der Waals surface area contributed by atoms with E-state index < -0.39 is 12.0 Å². The maximum Gasteiger partial charge on any atom is 0.328 e. The number of fused-ring (bicyclic) bond motifs is 1. The van der Waals surface area contributed by atoms with E-state index in [0.29, 0.717) is 13.2 Å².